The molecule has 2 heteroatoms. The number of carbonyl (C=O) groups excluding carboxylic acids is 1. The van der Waals surface area contributed by atoms with E-state index in [1.54, 1.807) is 0 Å². The minimum absolute atomic E-state index is 0.100. The van der Waals surface area contributed by atoms with Crippen molar-refractivity contribution in [3.05, 3.63) is 0 Å². The van der Waals surface area contributed by atoms with E-state index in [4.69, 9.17) is 4.74 Å². The van der Waals surface area contributed by atoms with Gasteiger partial charge in [-0.1, -0.05) is 84.5 Å². The normalized spacial score (nSPS) is 28.2. The van der Waals surface area contributed by atoms with Gasteiger partial charge in [0.1, 0.15) is 0 Å². The summed E-state index contributed by atoms with van der Waals surface area (Å²) >= 11 is 0. The monoisotopic (exact) mass is 420 g/mol. The SMILES string of the molecule is CCCCCCCC1CCC(C2CCC(C(=O)O[C@H](C)CCCCCC)CC2)CC1. The minimum atomic E-state index is 0.100. The van der Waals surface area contributed by atoms with Crippen molar-refractivity contribution in [2.45, 2.75) is 149 Å². The number of ether oxygens (including phenoxy) is 1. The van der Waals surface area contributed by atoms with Gasteiger partial charge in [-0.25, -0.2) is 0 Å². The highest BCUT2D eigenvalue weighted by atomic mass is 16.5. The summed E-state index contributed by atoms with van der Waals surface area (Å²) < 4.78 is 5.79. The molecule has 0 heterocycles. The van der Waals surface area contributed by atoms with Crippen molar-refractivity contribution in [1.82, 2.24) is 0 Å². The van der Waals surface area contributed by atoms with E-state index in [0.29, 0.717) is 0 Å². The molecular formula is C28H52O2. The number of rotatable bonds is 14. The molecule has 2 fully saturated rings. The van der Waals surface area contributed by atoms with Crippen molar-refractivity contribution in [1.29, 1.82) is 0 Å². The lowest BCUT2D eigenvalue weighted by atomic mass is 9.68. The highest BCUT2D eigenvalue weighted by Crippen LogP contribution is 2.42. The van der Waals surface area contributed by atoms with Crippen LogP contribution < -0.4 is 0 Å². The molecule has 2 rings (SSSR count). The molecule has 0 aliphatic heterocycles. The Morgan fingerprint density at radius 1 is 0.733 bits per heavy atom. The molecule has 0 bridgehead atoms. The molecule has 0 aromatic heterocycles. The zero-order valence-corrected chi connectivity index (χ0v) is 20.6. The van der Waals surface area contributed by atoms with Gasteiger partial charge < -0.3 is 4.74 Å². The summed E-state index contributed by atoms with van der Waals surface area (Å²) in [6.45, 7) is 6.62. The van der Waals surface area contributed by atoms with Gasteiger partial charge in [-0.05, 0) is 76.0 Å². The summed E-state index contributed by atoms with van der Waals surface area (Å²) in [7, 11) is 0. The maximum atomic E-state index is 12.6. The first kappa shape index (κ1) is 25.7. The van der Waals surface area contributed by atoms with Gasteiger partial charge in [0.05, 0.1) is 12.0 Å². The summed E-state index contributed by atoms with van der Waals surface area (Å²) in [4.78, 5) is 12.6. The van der Waals surface area contributed by atoms with Crippen molar-refractivity contribution in [3.63, 3.8) is 0 Å². The van der Waals surface area contributed by atoms with Gasteiger partial charge in [0.15, 0.2) is 0 Å². The van der Waals surface area contributed by atoms with Crippen LogP contribution in [0.1, 0.15) is 143 Å². The third kappa shape index (κ3) is 9.73. The topological polar surface area (TPSA) is 26.3 Å². The Morgan fingerprint density at radius 3 is 1.87 bits per heavy atom. The second kappa shape index (κ2) is 15.3. The van der Waals surface area contributed by atoms with Crippen LogP contribution in [0.25, 0.3) is 0 Å². The summed E-state index contributed by atoms with van der Waals surface area (Å²) in [6.07, 6.45) is 25.3. The Labute approximate surface area is 188 Å². The number of hydrogen-bond acceptors (Lipinski definition) is 2. The largest absolute Gasteiger partial charge is 0.462 e. The van der Waals surface area contributed by atoms with E-state index in [1.165, 1.54) is 103 Å². The first-order chi connectivity index (χ1) is 14.6. The van der Waals surface area contributed by atoms with Gasteiger partial charge in [0.25, 0.3) is 0 Å². The molecule has 0 N–H and O–H groups in total. The predicted molar refractivity (Wildman–Crippen MR) is 129 cm³/mol. The Balaban J connectivity index is 1.56. The predicted octanol–water partition coefficient (Wildman–Crippen LogP) is 8.86. The van der Waals surface area contributed by atoms with Crippen molar-refractivity contribution in [3.8, 4) is 0 Å². The second-order valence-corrected chi connectivity index (χ2v) is 10.7. The first-order valence-corrected chi connectivity index (χ1v) is 13.8. The molecule has 1 atom stereocenters. The Morgan fingerprint density at radius 2 is 1.27 bits per heavy atom. The van der Waals surface area contributed by atoms with Crippen molar-refractivity contribution >= 4 is 5.97 Å². The third-order valence-electron chi connectivity index (χ3n) is 8.16. The van der Waals surface area contributed by atoms with E-state index in [9.17, 15) is 4.79 Å². The van der Waals surface area contributed by atoms with Crippen LogP contribution in [-0.4, -0.2) is 12.1 Å². The van der Waals surface area contributed by atoms with Gasteiger partial charge >= 0.3 is 5.97 Å². The molecule has 0 radical (unpaired) electrons. The maximum Gasteiger partial charge on any atom is 0.309 e. The lowest BCUT2D eigenvalue weighted by Gasteiger charge is -2.37. The van der Waals surface area contributed by atoms with E-state index in [0.717, 1.165) is 37.0 Å². The Kier molecular flexibility index (Phi) is 13.1. The van der Waals surface area contributed by atoms with Gasteiger partial charge in [0, 0.05) is 0 Å². The molecule has 0 spiro atoms. The minimum Gasteiger partial charge on any atom is -0.462 e. The van der Waals surface area contributed by atoms with E-state index in [-0.39, 0.29) is 18.0 Å². The maximum absolute atomic E-state index is 12.6. The van der Waals surface area contributed by atoms with E-state index >= 15 is 0 Å². The van der Waals surface area contributed by atoms with Crippen molar-refractivity contribution in [2.75, 3.05) is 0 Å². The van der Waals surface area contributed by atoms with Crippen LogP contribution in [0.2, 0.25) is 0 Å². The van der Waals surface area contributed by atoms with Crippen LogP contribution in [0, 0.1) is 23.7 Å². The van der Waals surface area contributed by atoms with Gasteiger partial charge in [0.2, 0.25) is 0 Å². The molecule has 0 amide bonds. The number of carbonyl (C=O) groups is 1. The Hall–Kier alpha value is -0.530. The summed E-state index contributed by atoms with van der Waals surface area (Å²) in [5, 5.41) is 0. The highest BCUT2D eigenvalue weighted by Gasteiger charge is 2.33. The van der Waals surface area contributed by atoms with Crippen molar-refractivity contribution in [2.24, 2.45) is 23.7 Å². The van der Waals surface area contributed by atoms with Crippen LogP contribution in [0.4, 0.5) is 0 Å². The average molecular weight is 421 g/mol. The van der Waals surface area contributed by atoms with E-state index in [1.807, 2.05) is 0 Å². The summed E-state index contributed by atoms with van der Waals surface area (Å²) in [6, 6.07) is 0. The van der Waals surface area contributed by atoms with Crippen molar-refractivity contribution < 1.29 is 9.53 Å². The second-order valence-electron chi connectivity index (χ2n) is 10.7. The molecule has 0 aromatic carbocycles. The number of esters is 1. The van der Waals surface area contributed by atoms with E-state index < -0.39 is 0 Å². The molecule has 30 heavy (non-hydrogen) atoms. The van der Waals surface area contributed by atoms with Crippen LogP contribution in [0.15, 0.2) is 0 Å². The highest BCUT2D eigenvalue weighted by molar-refractivity contribution is 5.72. The zero-order chi connectivity index (χ0) is 21.6. The smallest absolute Gasteiger partial charge is 0.309 e. The fourth-order valence-corrected chi connectivity index (χ4v) is 6.02. The van der Waals surface area contributed by atoms with Crippen LogP contribution >= 0.6 is 0 Å². The lowest BCUT2D eigenvalue weighted by molar-refractivity contribution is -0.155. The van der Waals surface area contributed by atoms with Crippen LogP contribution in [-0.2, 0) is 9.53 Å². The van der Waals surface area contributed by atoms with E-state index in [2.05, 4.69) is 20.8 Å². The molecule has 2 nitrogen and oxygen atoms in total. The molecule has 2 saturated carbocycles. The molecule has 2 aliphatic carbocycles. The summed E-state index contributed by atoms with van der Waals surface area (Å²) in [5.74, 6) is 3.11. The lowest BCUT2D eigenvalue weighted by Crippen LogP contribution is -2.30. The quantitative estimate of drug-likeness (QED) is 0.207. The molecule has 2 aliphatic rings. The van der Waals surface area contributed by atoms with Gasteiger partial charge in [-0.3, -0.25) is 4.79 Å². The average Bonchev–Trinajstić information content (AvgIpc) is 2.77. The van der Waals surface area contributed by atoms with Gasteiger partial charge in [-0.2, -0.15) is 0 Å². The zero-order valence-electron chi connectivity index (χ0n) is 20.6. The third-order valence-corrected chi connectivity index (χ3v) is 8.16. The van der Waals surface area contributed by atoms with Crippen LogP contribution in [0.3, 0.4) is 0 Å². The molecule has 176 valence electrons. The fourth-order valence-electron chi connectivity index (χ4n) is 6.02. The van der Waals surface area contributed by atoms with Crippen LogP contribution in [0.5, 0.6) is 0 Å². The molecule has 0 unspecified atom stereocenters. The fraction of sp³-hybridized carbons (Fsp3) is 0.964. The number of unbranched alkanes of at least 4 members (excludes halogenated alkanes) is 7. The molecule has 0 aromatic rings. The molecular weight excluding hydrogens is 368 g/mol. The first-order valence-electron chi connectivity index (χ1n) is 13.8. The Bertz CT molecular complexity index is 430. The standard InChI is InChI=1S/C28H52O2/c1-4-6-8-10-12-14-24-15-17-25(18-16-24)26-19-21-27(22-20-26)28(29)30-23(3)13-11-9-7-5-2/h23-27H,4-22H2,1-3H3/t23-,24?,25?,26?,27?/m1/s1. The number of hydrogen-bond donors (Lipinski definition) is 0. The molecule has 0 saturated heterocycles. The van der Waals surface area contributed by atoms with Gasteiger partial charge in [-0.15, -0.1) is 0 Å². The summed E-state index contributed by atoms with van der Waals surface area (Å²) in [5.41, 5.74) is 0.